The molecule has 0 atom stereocenters. The van der Waals surface area contributed by atoms with E-state index in [2.05, 4.69) is 0 Å². The second-order valence-corrected chi connectivity index (χ2v) is 7.20. The maximum atomic E-state index is 12.8. The van der Waals surface area contributed by atoms with Crippen LogP contribution >= 0.6 is 0 Å². The molecular formula is C26H22O8. The first-order valence-corrected chi connectivity index (χ1v) is 10.2. The normalized spacial score (nSPS) is 10.6. The minimum atomic E-state index is -0.613. The summed E-state index contributed by atoms with van der Waals surface area (Å²) in [5.41, 5.74) is 0.869. The number of hydrogen-bond donors (Lipinski definition) is 0. The van der Waals surface area contributed by atoms with Gasteiger partial charge in [-0.25, -0.2) is 9.59 Å². The van der Waals surface area contributed by atoms with Gasteiger partial charge in [0, 0.05) is 29.1 Å². The van der Waals surface area contributed by atoms with Crippen molar-refractivity contribution in [1.82, 2.24) is 0 Å². The lowest BCUT2D eigenvalue weighted by molar-refractivity contribution is 0.0734. The Labute approximate surface area is 195 Å². The fraction of sp³-hybridized carbons (Fsp3) is 0.154. The smallest absolute Gasteiger partial charge is 0.344 e. The Hall–Kier alpha value is -4.46. The standard InChI is InChI=1S/C26H22O8/c1-29-17-7-8-21(24(13-17)32-4)22-11-15-5-6-18(14-23(15)34-26(22)28)33-25(27)16-9-19(30-2)12-20(10-16)31-3/h5-14H,1-4H3. The molecule has 8 nitrogen and oxygen atoms in total. The van der Waals surface area contributed by atoms with Gasteiger partial charge in [0.15, 0.2) is 0 Å². The highest BCUT2D eigenvalue weighted by molar-refractivity contribution is 5.93. The van der Waals surface area contributed by atoms with Gasteiger partial charge in [0.2, 0.25) is 0 Å². The van der Waals surface area contributed by atoms with Crippen molar-refractivity contribution in [3.05, 3.63) is 76.6 Å². The van der Waals surface area contributed by atoms with Crippen LogP contribution in [0.5, 0.6) is 28.7 Å². The average Bonchev–Trinajstić information content (AvgIpc) is 2.87. The van der Waals surface area contributed by atoms with Crippen LogP contribution in [0.25, 0.3) is 22.1 Å². The Balaban J connectivity index is 1.66. The van der Waals surface area contributed by atoms with Gasteiger partial charge < -0.3 is 28.1 Å². The monoisotopic (exact) mass is 462 g/mol. The number of hydrogen-bond acceptors (Lipinski definition) is 8. The average molecular weight is 462 g/mol. The molecule has 0 spiro atoms. The van der Waals surface area contributed by atoms with E-state index >= 15 is 0 Å². The highest BCUT2D eigenvalue weighted by atomic mass is 16.5. The van der Waals surface area contributed by atoms with E-state index in [0.717, 1.165) is 0 Å². The maximum absolute atomic E-state index is 12.8. The van der Waals surface area contributed by atoms with Gasteiger partial charge >= 0.3 is 11.6 Å². The molecule has 0 saturated carbocycles. The summed E-state index contributed by atoms with van der Waals surface area (Å²) in [4.78, 5) is 25.4. The third kappa shape index (κ3) is 4.52. The molecule has 1 aromatic heterocycles. The van der Waals surface area contributed by atoms with E-state index in [1.54, 1.807) is 61.7 Å². The fourth-order valence-corrected chi connectivity index (χ4v) is 3.46. The van der Waals surface area contributed by atoms with Crippen LogP contribution in [0.2, 0.25) is 0 Å². The third-order valence-electron chi connectivity index (χ3n) is 5.20. The Morgan fingerprint density at radius 2 is 1.35 bits per heavy atom. The molecule has 0 aliphatic rings. The number of carbonyl (C=O) groups is 1. The molecule has 34 heavy (non-hydrogen) atoms. The van der Waals surface area contributed by atoms with Crippen LogP contribution in [0.4, 0.5) is 0 Å². The molecule has 1 heterocycles. The molecule has 0 unspecified atom stereocenters. The number of ether oxygens (including phenoxy) is 5. The fourth-order valence-electron chi connectivity index (χ4n) is 3.46. The summed E-state index contributed by atoms with van der Waals surface area (Å²) in [5, 5.41) is 0.648. The van der Waals surface area contributed by atoms with Gasteiger partial charge in [-0.1, -0.05) is 0 Å². The second-order valence-electron chi connectivity index (χ2n) is 7.20. The molecular weight excluding hydrogens is 440 g/mol. The van der Waals surface area contributed by atoms with Crippen LogP contribution < -0.4 is 29.3 Å². The Kier molecular flexibility index (Phi) is 6.40. The molecule has 0 aliphatic carbocycles. The van der Waals surface area contributed by atoms with E-state index in [9.17, 15) is 9.59 Å². The Morgan fingerprint density at radius 1 is 0.676 bits per heavy atom. The molecule has 0 aliphatic heterocycles. The van der Waals surface area contributed by atoms with Crippen molar-refractivity contribution in [3.8, 4) is 39.9 Å². The zero-order valence-corrected chi connectivity index (χ0v) is 19.0. The van der Waals surface area contributed by atoms with Gasteiger partial charge in [0.05, 0.1) is 39.6 Å². The number of carbonyl (C=O) groups excluding carboxylic acids is 1. The van der Waals surface area contributed by atoms with Crippen molar-refractivity contribution < 1.29 is 32.9 Å². The van der Waals surface area contributed by atoms with E-state index in [0.29, 0.717) is 39.5 Å². The van der Waals surface area contributed by atoms with E-state index in [4.69, 9.17) is 28.1 Å². The molecule has 0 bridgehead atoms. The number of rotatable bonds is 7. The van der Waals surface area contributed by atoms with Crippen molar-refractivity contribution in [2.24, 2.45) is 0 Å². The van der Waals surface area contributed by atoms with E-state index in [1.165, 1.54) is 27.4 Å². The van der Waals surface area contributed by atoms with E-state index < -0.39 is 11.6 Å². The Morgan fingerprint density at radius 3 is 2.00 bits per heavy atom. The molecule has 4 rings (SSSR count). The topological polar surface area (TPSA) is 93.4 Å². The van der Waals surface area contributed by atoms with Crippen LogP contribution in [0.1, 0.15) is 10.4 Å². The van der Waals surface area contributed by atoms with Gasteiger partial charge in [-0.05, 0) is 42.5 Å². The lowest BCUT2D eigenvalue weighted by atomic mass is 10.0. The summed E-state index contributed by atoms with van der Waals surface area (Å²) in [7, 11) is 6.05. The van der Waals surface area contributed by atoms with Gasteiger partial charge in [0.1, 0.15) is 34.3 Å². The highest BCUT2D eigenvalue weighted by Crippen LogP contribution is 2.33. The molecule has 0 amide bonds. The van der Waals surface area contributed by atoms with Crippen LogP contribution in [-0.2, 0) is 0 Å². The van der Waals surface area contributed by atoms with Gasteiger partial charge in [0.25, 0.3) is 0 Å². The predicted octanol–water partition coefficient (Wildman–Crippen LogP) is 4.71. The predicted molar refractivity (Wildman–Crippen MR) is 126 cm³/mol. The SMILES string of the molecule is COc1cc(OC)cc(C(=O)Oc2ccc3cc(-c4ccc(OC)cc4OC)c(=O)oc3c2)c1. The molecule has 0 N–H and O–H groups in total. The lowest BCUT2D eigenvalue weighted by Crippen LogP contribution is -2.09. The second kappa shape index (κ2) is 9.58. The van der Waals surface area contributed by atoms with E-state index in [1.807, 2.05) is 0 Å². The molecule has 8 heteroatoms. The molecule has 4 aromatic rings. The molecule has 3 aromatic carbocycles. The van der Waals surface area contributed by atoms with Crippen molar-refractivity contribution in [2.45, 2.75) is 0 Å². The van der Waals surface area contributed by atoms with Crippen molar-refractivity contribution in [1.29, 1.82) is 0 Å². The van der Waals surface area contributed by atoms with Crippen LogP contribution in [-0.4, -0.2) is 34.4 Å². The van der Waals surface area contributed by atoms with Crippen LogP contribution in [0.15, 0.2) is 69.9 Å². The Bertz CT molecular complexity index is 1400. The lowest BCUT2D eigenvalue weighted by Gasteiger charge is -2.11. The first kappa shape index (κ1) is 22.7. The summed E-state index contributed by atoms with van der Waals surface area (Å²) in [5.74, 6) is 1.60. The van der Waals surface area contributed by atoms with Gasteiger partial charge in [-0.15, -0.1) is 0 Å². The highest BCUT2D eigenvalue weighted by Gasteiger charge is 2.16. The van der Waals surface area contributed by atoms with Crippen molar-refractivity contribution >= 4 is 16.9 Å². The number of benzene rings is 3. The molecule has 0 saturated heterocycles. The van der Waals surface area contributed by atoms with Crippen LogP contribution in [0, 0.1) is 0 Å². The van der Waals surface area contributed by atoms with Crippen LogP contribution in [0.3, 0.4) is 0 Å². The molecule has 174 valence electrons. The quantitative estimate of drug-likeness (QED) is 0.221. The zero-order valence-electron chi connectivity index (χ0n) is 19.0. The molecule has 0 radical (unpaired) electrons. The number of fused-ring (bicyclic) bond motifs is 1. The largest absolute Gasteiger partial charge is 0.497 e. The van der Waals surface area contributed by atoms with Gasteiger partial charge in [-0.3, -0.25) is 0 Å². The van der Waals surface area contributed by atoms with Crippen molar-refractivity contribution in [3.63, 3.8) is 0 Å². The van der Waals surface area contributed by atoms with Gasteiger partial charge in [-0.2, -0.15) is 0 Å². The minimum absolute atomic E-state index is 0.220. The third-order valence-corrected chi connectivity index (χ3v) is 5.20. The number of esters is 1. The first-order valence-electron chi connectivity index (χ1n) is 10.2. The summed E-state index contributed by atoms with van der Waals surface area (Å²) >= 11 is 0. The summed E-state index contributed by atoms with van der Waals surface area (Å²) in [6.45, 7) is 0. The summed E-state index contributed by atoms with van der Waals surface area (Å²) in [6, 6.07) is 16.4. The maximum Gasteiger partial charge on any atom is 0.344 e. The first-order chi connectivity index (χ1) is 16.4. The van der Waals surface area contributed by atoms with E-state index in [-0.39, 0.29) is 16.9 Å². The number of methoxy groups -OCH3 is 4. The summed E-state index contributed by atoms with van der Waals surface area (Å²) in [6.07, 6.45) is 0. The zero-order chi connectivity index (χ0) is 24.2. The summed E-state index contributed by atoms with van der Waals surface area (Å²) < 4.78 is 32.0. The van der Waals surface area contributed by atoms with Crippen molar-refractivity contribution in [2.75, 3.05) is 28.4 Å². The minimum Gasteiger partial charge on any atom is -0.497 e. The molecule has 0 fully saturated rings.